The quantitative estimate of drug-likeness (QED) is 0.565. The summed E-state index contributed by atoms with van der Waals surface area (Å²) >= 11 is 4.59. The number of sulfonamides is 1. The lowest BCUT2D eigenvalue weighted by Gasteiger charge is -2.36. The fourth-order valence-electron chi connectivity index (χ4n) is 3.75. The molecule has 0 radical (unpaired) electrons. The van der Waals surface area contributed by atoms with Gasteiger partial charge in [0, 0.05) is 11.8 Å². The zero-order valence-electron chi connectivity index (χ0n) is 15.5. The van der Waals surface area contributed by atoms with E-state index in [4.69, 9.17) is 4.74 Å². The van der Waals surface area contributed by atoms with E-state index in [1.807, 2.05) is 0 Å². The molecule has 0 aliphatic carbocycles. The van der Waals surface area contributed by atoms with Crippen molar-refractivity contribution in [1.82, 2.24) is 9.21 Å². The van der Waals surface area contributed by atoms with E-state index in [2.05, 4.69) is 24.5 Å². The summed E-state index contributed by atoms with van der Waals surface area (Å²) < 4.78 is 33.8. The predicted octanol–water partition coefficient (Wildman–Crippen LogP) is 3.37. The van der Waals surface area contributed by atoms with Crippen molar-refractivity contribution in [3.8, 4) is 5.75 Å². The fraction of sp³-hybridized carbons (Fsp3) is 0.684. The molecule has 0 saturated carbocycles. The molecule has 7 heteroatoms. The van der Waals surface area contributed by atoms with E-state index < -0.39 is 10.0 Å². The summed E-state index contributed by atoms with van der Waals surface area (Å²) in [5.74, 6) is 0.721. The first kappa shape index (κ1) is 20.0. The number of unbranched alkanes of at least 4 members (excludes halogenated alkanes) is 1. The van der Waals surface area contributed by atoms with Gasteiger partial charge in [0.05, 0.1) is 17.7 Å². The highest BCUT2D eigenvalue weighted by molar-refractivity contribution is 7.89. The van der Waals surface area contributed by atoms with Gasteiger partial charge in [-0.1, -0.05) is 19.8 Å². The van der Waals surface area contributed by atoms with Crippen LogP contribution in [-0.4, -0.2) is 55.3 Å². The summed E-state index contributed by atoms with van der Waals surface area (Å²) in [5, 5.41) is 0.0911. The van der Waals surface area contributed by atoms with E-state index in [0.717, 1.165) is 50.9 Å². The van der Waals surface area contributed by atoms with Gasteiger partial charge in [0.2, 0.25) is 10.0 Å². The number of nitrogens with zero attached hydrogens (tertiary/aromatic N) is 2. The minimum Gasteiger partial charge on any atom is -0.494 e. The normalized spacial score (nSPS) is 25.5. The lowest BCUT2D eigenvalue weighted by Crippen LogP contribution is -2.49. The van der Waals surface area contributed by atoms with Crippen LogP contribution in [0.3, 0.4) is 0 Å². The predicted molar refractivity (Wildman–Crippen MR) is 107 cm³/mol. The van der Waals surface area contributed by atoms with E-state index in [9.17, 15) is 8.42 Å². The molecule has 2 heterocycles. The minimum absolute atomic E-state index is 0.0664. The minimum atomic E-state index is -3.52. The number of hydrogen-bond donors (Lipinski definition) is 1. The third-order valence-corrected chi connectivity index (χ3v) is 7.47. The van der Waals surface area contributed by atoms with Gasteiger partial charge in [-0.05, 0) is 63.0 Å². The number of hydrogen-bond acceptors (Lipinski definition) is 5. The second-order valence-corrected chi connectivity index (χ2v) is 9.84. The Morgan fingerprint density at radius 1 is 1.15 bits per heavy atom. The number of rotatable bonds is 7. The topological polar surface area (TPSA) is 49.9 Å². The van der Waals surface area contributed by atoms with Crippen molar-refractivity contribution >= 4 is 22.7 Å². The molecule has 2 saturated heterocycles. The maximum absolute atomic E-state index is 13.2. The first-order valence-electron chi connectivity index (χ1n) is 9.69. The van der Waals surface area contributed by atoms with Crippen LogP contribution in [0.2, 0.25) is 0 Å². The summed E-state index contributed by atoms with van der Waals surface area (Å²) in [5.41, 5.74) is 0. The van der Waals surface area contributed by atoms with E-state index in [1.165, 1.54) is 6.42 Å². The zero-order valence-corrected chi connectivity index (χ0v) is 17.2. The van der Waals surface area contributed by atoms with Crippen LogP contribution in [0.15, 0.2) is 29.2 Å². The van der Waals surface area contributed by atoms with Gasteiger partial charge in [-0.15, -0.1) is 0 Å². The Labute approximate surface area is 163 Å². The van der Waals surface area contributed by atoms with Gasteiger partial charge in [-0.25, -0.2) is 8.42 Å². The Bertz CT molecular complexity index is 673. The lowest BCUT2D eigenvalue weighted by atomic mass is 10.1. The number of likely N-dealkylation sites (tertiary alicyclic amines) is 1. The Morgan fingerprint density at radius 2 is 1.85 bits per heavy atom. The van der Waals surface area contributed by atoms with E-state index in [-0.39, 0.29) is 11.4 Å². The van der Waals surface area contributed by atoms with Crippen LogP contribution < -0.4 is 4.74 Å². The van der Waals surface area contributed by atoms with Crippen molar-refractivity contribution in [1.29, 1.82) is 0 Å². The monoisotopic (exact) mass is 398 g/mol. The summed E-state index contributed by atoms with van der Waals surface area (Å²) in [7, 11) is -3.52. The lowest BCUT2D eigenvalue weighted by molar-refractivity contribution is 0.105. The second kappa shape index (κ2) is 8.95. The molecule has 0 spiro atoms. The van der Waals surface area contributed by atoms with Gasteiger partial charge in [-0.3, -0.25) is 4.90 Å². The van der Waals surface area contributed by atoms with Gasteiger partial charge in [0.15, 0.2) is 0 Å². The number of ether oxygens (including phenoxy) is 1. The molecule has 0 amide bonds. The molecule has 1 aromatic carbocycles. The van der Waals surface area contributed by atoms with Crippen LogP contribution in [0.1, 0.15) is 45.4 Å². The molecular weight excluding hydrogens is 368 g/mol. The van der Waals surface area contributed by atoms with Crippen molar-refractivity contribution in [2.75, 3.05) is 26.2 Å². The molecular formula is C19H30N2O3S2. The van der Waals surface area contributed by atoms with Crippen molar-refractivity contribution in [2.45, 2.75) is 61.8 Å². The molecule has 3 rings (SSSR count). The third kappa shape index (κ3) is 4.55. The van der Waals surface area contributed by atoms with Crippen molar-refractivity contribution < 1.29 is 13.2 Å². The van der Waals surface area contributed by atoms with Crippen molar-refractivity contribution in [3.05, 3.63) is 24.3 Å². The summed E-state index contributed by atoms with van der Waals surface area (Å²) in [6.45, 7) is 5.19. The fourth-order valence-corrected chi connectivity index (χ4v) is 5.89. The largest absolute Gasteiger partial charge is 0.494 e. The molecule has 2 aliphatic rings. The summed E-state index contributed by atoms with van der Waals surface area (Å²) in [4.78, 5) is 2.66. The third-order valence-electron chi connectivity index (χ3n) is 5.22. The molecule has 1 aromatic rings. The van der Waals surface area contributed by atoms with Crippen LogP contribution in [0.5, 0.6) is 5.75 Å². The molecule has 2 fully saturated rings. The smallest absolute Gasteiger partial charge is 0.244 e. The first-order valence-corrected chi connectivity index (χ1v) is 11.6. The first-order chi connectivity index (χ1) is 12.5. The van der Waals surface area contributed by atoms with E-state index >= 15 is 0 Å². The van der Waals surface area contributed by atoms with Crippen LogP contribution >= 0.6 is 12.6 Å². The number of thiol groups is 1. The van der Waals surface area contributed by atoms with Crippen molar-refractivity contribution in [2.24, 2.45) is 0 Å². The molecule has 5 nitrogen and oxygen atoms in total. The molecule has 0 aromatic heterocycles. The average molecular weight is 399 g/mol. The van der Waals surface area contributed by atoms with Crippen LogP contribution in [0, 0.1) is 0 Å². The van der Waals surface area contributed by atoms with Gasteiger partial charge in [-0.2, -0.15) is 16.9 Å². The highest BCUT2D eigenvalue weighted by Gasteiger charge is 2.42. The summed E-state index contributed by atoms with van der Waals surface area (Å²) in [6.07, 6.45) is 6.32. The maximum atomic E-state index is 13.2. The number of benzene rings is 1. The Hall–Kier alpha value is -0.760. The maximum Gasteiger partial charge on any atom is 0.244 e. The van der Waals surface area contributed by atoms with Gasteiger partial charge < -0.3 is 4.74 Å². The summed E-state index contributed by atoms with van der Waals surface area (Å²) in [6, 6.07) is 6.84. The van der Waals surface area contributed by atoms with Crippen molar-refractivity contribution in [3.63, 3.8) is 0 Å². The van der Waals surface area contributed by atoms with Crippen LogP contribution in [0.4, 0.5) is 0 Å². The Morgan fingerprint density at radius 3 is 2.50 bits per heavy atom. The van der Waals surface area contributed by atoms with Gasteiger partial charge in [0.1, 0.15) is 5.75 Å². The standard InChI is InChI=1S/C19H30N2O3S2/c1-2-3-13-24-16-7-9-18(10-8-16)26(22,23)21-15-17(25)14-19(21)20-11-5-4-6-12-20/h7-10,17,19,25H,2-6,11-15H2,1H3/t17-,19-/m0/s1. The van der Waals surface area contributed by atoms with E-state index in [1.54, 1.807) is 28.6 Å². The number of piperidine rings is 1. The zero-order chi connectivity index (χ0) is 18.6. The van der Waals surface area contributed by atoms with Gasteiger partial charge >= 0.3 is 0 Å². The SMILES string of the molecule is CCCCOc1ccc(S(=O)(=O)N2C[C@@H](S)C[C@H]2N2CCCCC2)cc1. The molecule has 2 atom stereocenters. The highest BCUT2D eigenvalue weighted by atomic mass is 32.2. The Balaban J connectivity index is 1.75. The van der Waals surface area contributed by atoms with Crippen LogP contribution in [-0.2, 0) is 10.0 Å². The molecule has 0 unspecified atom stereocenters. The molecule has 0 bridgehead atoms. The average Bonchev–Trinajstić information content (AvgIpc) is 3.06. The Kier molecular flexibility index (Phi) is 6.88. The second-order valence-electron chi connectivity index (χ2n) is 7.21. The molecule has 26 heavy (non-hydrogen) atoms. The molecule has 0 N–H and O–H groups in total. The van der Waals surface area contributed by atoms with E-state index in [0.29, 0.717) is 18.0 Å². The highest BCUT2D eigenvalue weighted by Crippen LogP contribution is 2.32. The van der Waals surface area contributed by atoms with Crippen LogP contribution in [0.25, 0.3) is 0 Å². The molecule has 2 aliphatic heterocycles. The van der Waals surface area contributed by atoms with Gasteiger partial charge in [0.25, 0.3) is 0 Å². The molecule has 146 valence electrons.